The van der Waals surface area contributed by atoms with Gasteiger partial charge in [-0.25, -0.2) is 13.7 Å². The summed E-state index contributed by atoms with van der Waals surface area (Å²) in [6.45, 7) is 2.87. The Kier molecular flexibility index (Phi) is 33.9. The number of rotatable bonds is 40. The van der Waals surface area contributed by atoms with Crippen molar-refractivity contribution in [3.05, 3.63) is 24.3 Å². The van der Waals surface area contributed by atoms with Crippen LogP contribution in [0.15, 0.2) is 24.3 Å². The van der Waals surface area contributed by atoms with Crippen molar-refractivity contribution in [1.29, 1.82) is 0 Å². The molecule has 19 nitrogen and oxygen atoms in total. The minimum absolute atomic E-state index is 0.00105. The maximum absolute atomic E-state index is 13.1. The first kappa shape index (κ1) is 61.6. The maximum atomic E-state index is 13.1. The van der Waals surface area contributed by atoms with Gasteiger partial charge in [0.1, 0.15) is 43.2 Å². The second kappa shape index (κ2) is 35.7. The van der Waals surface area contributed by atoms with E-state index in [2.05, 4.69) is 47.2 Å². The van der Waals surface area contributed by atoms with E-state index in [1.54, 1.807) is 0 Å². The van der Waals surface area contributed by atoms with Crippen LogP contribution in [0.3, 0.4) is 0 Å². The largest absolute Gasteiger partial charge is 0.472 e. The van der Waals surface area contributed by atoms with Crippen molar-refractivity contribution in [3.8, 4) is 0 Å². The first-order valence-electron chi connectivity index (χ1n) is 23.6. The molecule has 65 heavy (non-hydrogen) atoms. The molecule has 0 aliphatic heterocycles. The van der Waals surface area contributed by atoms with Crippen LogP contribution in [-0.2, 0) is 50.9 Å². The molecule has 382 valence electrons. The Morgan fingerprint density at radius 3 is 1.42 bits per heavy atom. The third-order valence-corrected chi connectivity index (χ3v) is 12.8. The molecule has 1 saturated carbocycles. The minimum atomic E-state index is -5.60. The Labute approximate surface area is 386 Å². The van der Waals surface area contributed by atoms with Crippen LogP contribution in [0.1, 0.15) is 181 Å². The normalized spacial score (nSPS) is 22.1. The van der Waals surface area contributed by atoms with Crippen molar-refractivity contribution in [3.63, 3.8) is 0 Å². The molecule has 0 aromatic rings. The predicted molar refractivity (Wildman–Crippen MR) is 243 cm³/mol. The van der Waals surface area contributed by atoms with Gasteiger partial charge in [-0.05, 0) is 38.5 Å². The van der Waals surface area contributed by atoms with E-state index in [0.29, 0.717) is 12.8 Å². The van der Waals surface area contributed by atoms with Gasteiger partial charge in [-0.15, -0.1) is 0 Å². The van der Waals surface area contributed by atoms with E-state index in [-0.39, 0.29) is 12.8 Å². The average molecular weight is 995 g/mol. The number of phosphoric acid groups is 3. The van der Waals surface area contributed by atoms with E-state index in [4.69, 9.17) is 18.5 Å². The lowest BCUT2D eigenvalue weighted by Crippen LogP contribution is -2.65. The van der Waals surface area contributed by atoms with Gasteiger partial charge in [-0.3, -0.25) is 27.7 Å². The number of hydrogen-bond donors (Lipinski definition) is 8. The molecule has 22 heteroatoms. The molecule has 0 bridgehead atoms. The van der Waals surface area contributed by atoms with Crippen molar-refractivity contribution in [2.75, 3.05) is 13.2 Å². The van der Waals surface area contributed by atoms with Gasteiger partial charge in [-0.1, -0.05) is 154 Å². The van der Waals surface area contributed by atoms with Crippen LogP contribution < -0.4 is 0 Å². The van der Waals surface area contributed by atoms with Crippen LogP contribution >= 0.6 is 23.5 Å². The van der Waals surface area contributed by atoms with Gasteiger partial charge in [0.05, 0.1) is 6.61 Å². The highest BCUT2D eigenvalue weighted by molar-refractivity contribution is 7.47. The van der Waals surface area contributed by atoms with Gasteiger partial charge in [0.25, 0.3) is 0 Å². The maximum Gasteiger partial charge on any atom is 0.472 e. The second-order valence-electron chi connectivity index (χ2n) is 16.7. The molecule has 0 aromatic heterocycles. The second-order valence-corrected chi connectivity index (χ2v) is 20.5. The van der Waals surface area contributed by atoms with Crippen LogP contribution in [-0.4, -0.2) is 108 Å². The summed E-state index contributed by atoms with van der Waals surface area (Å²) in [5.74, 6) is -1.31. The molecule has 0 amide bonds. The molecular formula is C43H81O19P3. The zero-order valence-electron chi connectivity index (χ0n) is 38.6. The molecule has 0 aromatic carbocycles. The summed E-state index contributed by atoms with van der Waals surface area (Å²) in [5, 5.41) is 31.8. The molecule has 0 saturated heterocycles. The third kappa shape index (κ3) is 32.1. The molecule has 1 fully saturated rings. The number of unbranched alkanes of at least 4 members (excludes halogenated alkanes) is 20. The fourth-order valence-electron chi connectivity index (χ4n) is 7.21. The number of aliphatic hydroxyl groups is 3. The topological polar surface area (TPSA) is 303 Å². The summed E-state index contributed by atoms with van der Waals surface area (Å²) in [4.78, 5) is 73.1. The summed E-state index contributed by atoms with van der Waals surface area (Å²) < 4.78 is 65.4. The summed E-state index contributed by atoms with van der Waals surface area (Å²) in [7, 11) is -16.6. The van der Waals surface area contributed by atoms with Gasteiger partial charge in [0, 0.05) is 12.8 Å². The number of carbonyl (C=O) groups is 2. The highest BCUT2D eigenvalue weighted by Gasteiger charge is 2.56. The summed E-state index contributed by atoms with van der Waals surface area (Å²) in [5.41, 5.74) is 0. The number of aliphatic hydroxyl groups excluding tert-OH is 3. The highest BCUT2D eigenvalue weighted by Crippen LogP contribution is 2.51. The van der Waals surface area contributed by atoms with Gasteiger partial charge < -0.3 is 49.3 Å². The first-order valence-corrected chi connectivity index (χ1v) is 28.2. The van der Waals surface area contributed by atoms with Crippen LogP contribution in [0.2, 0.25) is 0 Å². The lowest BCUT2D eigenvalue weighted by molar-refractivity contribution is -0.213. The van der Waals surface area contributed by atoms with Gasteiger partial charge in [-0.2, -0.15) is 0 Å². The molecule has 0 radical (unpaired) electrons. The Morgan fingerprint density at radius 2 is 0.923 bits per heavy atom. The molecule has 8 atom stereocenters. The van der Waals surface area contributed by atoms with E-state index in [0.717, 1.165) is 77.0 Å². The fraction of sp³-hybridized carbons (Fsp3) is 0.860. The fourth-order valence-corrected chi connectivity index (χ4v) is 9.31. The molecular weight excluding hydrogens is 913 g/mol. The van der Waals surface area contributed by atoms with Crippen molar-refractivity contribution in [1.82, 2.24) is 0 Å². The van der Waals surface area contributed by atoms with E-state index in [1.165, 1.54) is 64.2 Å². The summed E-state index contributed by atoms with van der Waals surface area (Å²) in [6, 6.07) is 0. The third-order valence-electron chi connectivity index (χ3n) is 10.7. The SMILES string of the molecule is CCC/C=C\C/C=C\CCCCCCCC(=O)OC[C@H](COP(=O)(O)O[C@H]1C(O)C(O)C(OP(=O)(O)O)[C@@H](OP(=O)(O)O)C1O)OC(=O)CCCCCCCCCCCCCCCCC. The number of esters is 2. The zero-order valence-corrected chi connectivity index (χ0v) is 41.2. The van der Waals surface area contributed by atoms with E-state index in [1.807, 2.05) is 0 Å². The molecule has 1 aliphatic rings. The van der Waals surface area contributed by atoms with Crippen molar-refractivity contribution < 1.29 is 90.6 Å². The van der Waals surface area contributed by atoms with Crippen molar-refractivity contribution in [2.24, 2.45) is 0 Å². The quantitative estimate of drug-likeness (QED) is 0.0124. The van der Waals surface area contributed by atoms with Gasteiger partial charge in [0.2, 0.25) is 0 Å². The highest BCUT2D eigenvalue weighted by atomic mass is 31.2. The Hall–Kier alpha value is -1.37. The monoisotopic (exact) mass is 994 g/mol. The van der Waals surface area contributed by atoms with Crippen molar-refractivity contribution >= 4 is 35.4 Å². The number of carbonyl (C=O) groups excluding carboxylic acids is 2. The number of hydrogen-bond acceptors (Lipinski definition) is 14. The molecule has 1 aliphatic carbocycles. The smallest absolute Gasteiger partial charge is 0.462 e. The first-order chi connectivity index (χ1) is 30.8. The molecule has 1 rings (SSSR count). The predicted octanol–water partition coefficient (Wildman–Crippen LogP) is 8.29. The van der Waals surface area contributed by atoms with Crippen LogP contribution in [0.5, 0.6) is 0 Å². The Balaban J connectivity index is 2.74. The standard InChI is InChI=1S/C43H81O19P3/c1-3-5-7-9-11-13-15-17-18-20-22-24-26-28-30-32-37(45)59-35(33-57-36(44)31-29-27-25-23-21-19-16-14-12-10-8-6-4-2)34-58-65(55,56)62-41-38(46)39(47)42(60-63(49,50)51)43(40(41)48)61-64(52,53)54/h8,10,14,16,35,38-43,46-48H,3-7,9,11-13,15,17-34H2,1-2H3,(H,55,56)(H2,49,50,51)(H2,52,53,54)/b10-8-,16-14-/t35-,38?,39?,40?,41+,42?,43+/m1/s1. The average Bonchev–Trinajstić information content (AvgIpc) is 3.23. The number of allylic oxidation sites excluding steroid dienone is 4. The minimum Gasteiger partial charge on any atom is -0.462 e. The number of phosphoric ester groups is 3. The van der Waals surface area contributed by atoms with Crippen LogP contribution in [0.4, 0.5) is 0 Å². The van der Waals surface area contributed by atoms with E-state index < -0.39 is 91.3 Å². The molecule has 5 unspecified atom stereocenters. The molecule has 0 heterocycles. The van der Waals surface area contributed by atoms with E-state index >= 15 is 0 Å². The van der Waals surface area contributed by atoms with Gasteiger partial charge >= 0.3 is 35.4 Å². The van der Waals surface area contributed by atoms with Gasteiger partial charge in [0.15, 0.2) is 6.10 Å². The number of ether oxygens (including phenoxy) is 2. The molecule has 0 spiro atoms. The lowest BCUT2D eigenvalue weighted by atomic mass is 9.85. The molecule has 8 N–H and O–H groups in total. The zero-order chi connectivity index (χ0) is 48.6. The van der Waals surface area contributed by atoms with Crippen LogP contribution in [0.25, 0.3) is 0 Å². The van der Waals surface area contributed by atoms with Crippen molar-refractivity contribution in [2.45, 2.75) is 224 Å². The Bertz CT molecular complexity index is 1470. The summed E-state index contributed by atoms with van der Waals surface area (Å²) >= 11 is 0. The van der Waals surface area contributed by atoms with Crippen LogP contribution in [0, 0.1) is 0 Å². The lowest BCUT2D eigenvalue weighted by Gasteiger charge is -2.44. The Morgan fingerprint density at radius 1 is 0.492 bits per heavy atom. The van der Waals surface area contributed by atoms with E-state index in [9.17, 15) is 63.1 Å². The summed E-state index contributed by atoms with van der Waals surface area (Å²) in [6.07, 6.45) is 17.7.